The summed E-state index contributed by atoms with van der Waals surface area (Å²) in [6, 6.07) is -0.00843. The average Bonchev–Trinajstić information content (AvgIpc) is 2.89. The molecule has 2 heterocycles. The highest BCUT2D eigenvalue weighted by atomic mass is 16.5. The Labute approximate surface area is 154 Å². The van der Waals surface area contributed by atoms with E-state index >= 15 is 0 Å². The van der Waals surface area contributed by atoms with Crippen LogP contribution in [0.15, 0.2) is 0 Å². The van der Waals surface area contributed by atoms with Gasteiger partial charge >= 0.3 is 12.0 Å². The average molecular weight is 364 g/mol. The molecular formula is C18H28N4O4. The number of piperazine rings is 1. The van der Waals surface area contributed by atoms with Crippen LogP contribution in [0.2, 0.25) is 0 Å². The van der Waals surface area contributed by atoms with Crippen LogP contribution in [0.25, 0.3) is 0 Å². The first-order chi connectivity index (χ1) is 12.3. The third kappa shape index (κ3) is 4.24. The van der Waals surface area contributed by atoms with E-state index in [-0.39, 0.29) is 18.4 Å². The van der Waals surface area contributed by atoms with Crippen molar-refractivity contribution in [1.29, 1.82) is 0 Å². The van der Waals surface area contributed by atoms with Crippen molar-refractivity contribution < 1.29 is 19.1 Å². The SMILES string of the molecule is CCOC(=O)c1c(C)[nH]c(C(=O)CN2CCN(C(=O)N(C)C)CC2)c1C. The second-order valence-electron chi connectivity index (χ2n) is 6.71. The fourth-order valence-corrected chi connectivity index (χ4v) is 3.20. The summed E-state index contributed by atoms with van der Waals surface area (Å²) in [5.41, 5.74) is 2.17. The van der Waals surface area contributed by atoms with Gasteiger partial charge in [0.2, 0.25) is 0 Å². The molecule has 1 aliphatic rings. The molecule has 0 spiro atoms. The number of hydrogen-bond donors (Lipinski definition) is 1. The summed E-state index contributed by atoms with van der Waals surface area (Å²) >= 11 is 0. The Morgan fingerprint density at radius 1 is 1.12 bits per heavy atom. The number of hydrogen-bond acceptors (Lipinski definition) is 5. The maximum atomic E-state index is 12.7. The number of nitrogens with one attached hydrogen (secondary N) is 1. The summed E-state index contributed by atoms with van der Waals surface area (Å²) in [6.07, 6.45) is 0. The molecule has 0 bridgehead atoms. The van der Waals surface area contributed by atoms with E-state index in [1.165, 1.54) is 0 Å². The number of rotatable bonds is 5. The number of nitrogens with zero attached hydrogens (tertiary/aromatic N) is 3. The van der Waals surface area contributed by atoms with Gasteiger partial charge in [0, 0.05) is 46.0 Å². The lowest BCUT2D eigenvalue weighted by molar-refractivity contribution is 0.0525. The number of amides is 2. The zero-order valence-corrected chi connectivity index (χ0v) is 16.2. The van der Waals surface area contributed by atoms with E-state index in [0.717, 1.165) is 0 Å². The number of carbonyl (C=O) groups excluding carboxylic acids is 3. The molecule has 1 saturated heterocycles. The number of ketones is 1. The summed E-state index contributed by atoms with van der Waals surface area (Å²) in [5.74, 6) is -0.470. The van der Waals surface area contributed by atoms with Crippen LogP contribution < -0.4 is 0 Å². The number of urea groups is 1. The van der Waals surface area contributed by atoms with Crippen LogP contribution in [0.4, 0.5) is 4.79 Å². The molecule has 8 heteroatoms. The second-order valence-corrected chi connectivity index (χ2v) is 6.71. The predicted octanol–water partition coefficient (Wildman–Crippen LogP) is 1.29. The molecule has 1 fully saturated rings. The molecule has 0 atom stereocenters. The summed E-state index contributed by atoms with van der Waals surface area (Å²) in [4.78, 5) is 45.1. The lowest BCUT2D eigenvalue weighted by atomic mass is 10.1. The van der Waals surface area contributed by atoms with Crippen LogP contribution in [0.3, 0.4) is 0 Å². The first-order valence-electron chi connectivity index (χ1n) is 8.84. The smallest absolute Gasteiger partial charge is 0.340 e. The largest absolute Gasteiger partial charge is 0.462 e. The molecule has 0 aliphatic carbocycles. The van der Waals surface area contributed by atoms with Gasteiger partial charge in [0.25, 0.3) is 0 Å². The highest BCUT2D eigenvalue weighted by Crippen LogP contribution is 2.20. The van der Waals surface area contributed by atoms with Crippen molar-refractivity contribution in [3.63, 3.8) is 0 Å². The van der Waals surface area contributed by atoms with E-state index in [9.17, 15) is 14.4 Å². The predicted molar refractivity (Wildman–Crippen MR) is 97.6 cm³/mol. The molecule has 1 N–H and O–H groups in total. The molecule has 8 nitrogen and oxygen atoms in total. The molecule has 2 amide bonds. The normalized spacial score (nSPS) is 15.0. The lowest BCUT2D eigenvalue weighted by Gasteiger charge is -2.35. The Kier molecular flexibility index (Phi) is 6.42. The van der Waals surface area contributed by atoms with Gasteiger partial charge in [-0.2, -0.15) is 0 Å². The van der Waals surface area contributed by atoms with Crippen molar-refractivity contribution in [3.8, 4) is 0 Å². The quantitative estimate of drug-likeness (QED) is 0.628. The van der Waals surface area contributed by atoms with E-state index < -0.39 is 5.97 Å². The van der Waals surface area contributed by atoms with Gasteiger partial charge < -0.3 is 19.5 Å². The maximum Gasteiger partial charge on any atom is 0.340 e. The Hall–Kier alpha value is -2.35. The van der Waals surface area contributed by atoms with Gasteiger partial charge in [-0.25, -0.2) is 9.59 Å². The Morgan fingerprint density at radius 3 is 2.27 bits per heavy atom. The Balaban J connectivity index is 2.00. The molecule has 0 aromatic carbocycles. The highest BCUT2D eigenvalue weighted by molar-refractivity contribution is 6.02. The van der Waals surface area contributed by atoms with Gasteiger partial charge in [0.1, 0.15) is 0 Å². The molecule has 1 aromatic rings. The topological polar surface area (TPSA) is 86.0 Å². The number of aryl methyl sites for hydroxylation is 1. The van der Waals surface area contributed by atoms with Crippen LogP contribution in [0, 0.1) is 13.8 Å². The number of carbonyl (C=O) groups is 3. The van der Waals surface area contributed by atoms with Crippen LogP contribution in [0.1, 0.15) is 39.0 Å². The van der Waals surface area contributed by atoms with E-state index in [4.69, 9.17) is 4.74 Å². The maximum absolute atomic E-state index is 12.7. The van der Waals surface area contributed by atoms with Crippen LogP contribution in [-0.4, -0.2) is 90.9 Å². The number of ether oxygens (including phenoxy) is 1. The van der Waals surface area contributed by atoms with Gasteiger partial charge in [-0.1, -0.05) is 0 Å². The molecule has 1 aliphatic heterocycles. The number of aromatic amines is 1. The summed E-state index contributed by atoms with van der Waals surface area (Å²) in [6.45, 7) is 8.32. The lowest BCUT2D eigenvalue weighted by Crippen LogP contribution is -2.52. The van der Waals surface area contributed by atoms with E-state index in [1.807, 2.05) is 4.90 Å². The van der Waals surface area contributed by atoms with Gasteiger partial charge in [0.15, 0.2) is 5.78 Å². The van der Waals surface area contributed by atoms with Gasteiger partial charge in [-0.15, -0.1) is 0 Å². The van der Waals surface area contributed by atoms with E-state index in [0.29, 0.717) is 55.3 Å². The van der Waals surface area contributed by atoms with Crippen molar-refractivity contribution in [3.05, 3.63) is 22.5 Å². The zero-order valence-electron chi connectivity index (χ0n) is 16.2. The third-order valence-corrected chi connectivity index (χ3v) is 4.59. The highest BCUT2D eigenvalue weighted by Gasteiger charge is 2.26. The molecular weight excluding hydrogens is 336 g/mol. The van der Waals surface area contributed by atoms with Crippen molar-refractivity contribution in [2.45, 2.75) is 20.8 Å². The van der Waals surface area contributed by atoms with Crippen molar-refractivity contribution in [2.75, 3.05) is 53.4 Å². The summed E-state index contributed by atoms with van der Waals surface area (Å²) in [7, 11) is 3.46. The van der Waals surface area contributed by atoms with Gasteiger partial charge in [-0.3, -0.25) is 9.69 Å². The van der Waals surface area contributed by atoms with Gasteiger partial charge in [-0.05, 0) is 26.3 Å². The number of esters is 1. The molecule has 0 unspecified atom stereocenters. The van der Waals surface area contributed by atoms with E-state index in [2.05, 4.69) is 4.98 Å². The molecule has 0 saturated carbocycles. The third-order valence-electron chi connectivity index (χ3n) is 4.59. The number of Topliss-reactive ketones (excluding diaryl/α,β-unsaturated/α-hetero) is 1. The van der Waals surface area contributed by atoms with Crippen LogP contribution >= 0.6 is 0 Å². The van der Waals surface area contributed by atoms with Crippen molar-refractivity contribution in [1.82, 2.24) is 19.7 Å². The zero-order chi connectivity index (χ0) is 19.4. The number of H-pyrrole nitrogens is 1. The van der Waals surface area contributed by atoms with Crippen molar-refractivity contribution in [2.24, 2.45) is 0 Å². The minimum Gasteiger partial charge on any atom is -0.462 e. The van der Waals surface area contributed by atoms with E-state index in [1.54, 1.807) is 44.7 Å². The number of aromatic nitrogens is 1. The first-order valence-corrected chi connectivity index (χ1v) is 8.84. The molecule has 2 rings (SSSR count). The van der Waals surface area contributed by atoms with Crippen molar-refractivity contribution >= 4 is 17.8 Å². The summed E-state index contributed by atoms with van der Waals surface area (Å²) in [5, 5.41) is 0. The minimum atomic E-state index is -0.409. The minimum absolute atomic E-state index is 0.00843. The summed E-state index contributed by atoms with van der Waals surface area (Å²) < 4.78 is 5.06. The Morgan fingerprint density at radius 2 is 1.73 bits per heavy atom. The Bertz CT molecular complexity index is 688. The standard InChI is InChI=1S/C18H28N4O4/c1-6-26-17(24)15-12(2)16(19-13(15)3)14(23)11-21-7-9-22(10-8-21)18(25)20(4)5/h19H,6-11H2,1-5H3. The molecule has 0 radical (unpaired) electrons. The van der Waals surface area contributed by atoms with Gasteiger partial charge in [0.05, 0.1) is 24.4 Å². The molecule has 1 aromatic heterocycles. The van der Waals surface area contributed by atoms with Crippen LogP contribution in [0.5, 0.6) is 0 Å². The monoisotopic (exact) mass is 364 g/mol. The molecule has 26 heavy (non-hydrogen) atoms. The molecule has 144 valence electrons. The fraction of sp³-hybridized carbons (Fsp3) is 0.611. The second kappa shape index (κ2) is 8.35. The fourth-order valence-electron chi connectivity index (χ4n) is 3.20. The first kappa shape index (κ1) is 20.0. The van der Waals surface area contributed by atoms with Crippen LogP contribution in [-0.2, 0) is 4.74 Å².